The van der Waals surface area contributed by atoms with Crippen LogP contribution in [0.15, 0.2) is 164 Å². The number of ether oxygens (including phenoxy) is 2. The van der Waals surface area contributed by atoms with Crippen molar-refractivity contribution in [1.82, 2.24) is 14.5 Å². The van der Waals surface area contributed by atoms with Crippen molar-refractivity contribution in [2.45, 2.75) is 52.4 Å². The fraction of sp³-hybridized carbons (Fsp3) is 0.143. The first-order chi connectivity index (χ1) is 30.4. The molecule has 4 heterocycles. The molecule has 0 bridgehead atoms. The molecule has 7 aromatic carbocycles. The standard InChI is InChI=1S/C56H46BN3O3/c1-55(2,3)37-27-28-46(40(32-37)34-17-8-7-9-18-34)60-52-45(33-50-51-53(52)63-49-26-15-12-21-42(49)57(51)41-20-11-14-25-48(41)62-50)59-54(60)36-29-35(30-38(31-36)56(4,5)6)43-22-16-23-44(58-43)39-19-10-13-24-47(39)61/h7-33,61H,1-6H3. The van der Waals surface area contributed by atoms with Gasteiger partial charge in [-0.3, -0.25) is 4.57 Å². The third kappa shape index (κ3) is 6.49. The topological polar surface area (TPSA) is 69.4 Å². The summed E-state index contributed by atoms with van der Waals surface area (Å²) >= 11 is 0. The minimum Gasteiger partial charge on any atom is -0.507 e. The Morgan fingerprint density at radius 3 is 1.89 bits per heavy atom. The maximum atomic E-state index is 10.8. The molecule has 0 amide bonds. The fourth-order valence-corrected chi connectivity index (χ4v) is 9.24. The van der Waals surface area contributed by atoms with Crippen molar-refractivity contribution in [1.29, 1.82) is 0 Å². The number of aromatic nitrogens is 3. The molecule has 2 aliphatic heterocycles. The lowest BCUT2D eigenvalue weighted by Gasteiger charge is -2.33. The van der Waals surface area contributed by atoms with Gasteiger partial charge >= 0.3 is 0 Å². The van der Waals surface area contributed by atoms with E-state index in [4.69, 9.17) is 19.4 Å². The molecule has 63 heavy (non-hydrogen) atoms. The van der Waals surface area contributed by atoms with E-state index in [0.717, 1.165) is 95.4 Å². The normalized spacial score (nSPS) is 12.9. The average molecular weight is 820 g/mol. The highest BCUT2D eigenvalue weighted by Gasteiger charge is 2.42. The zero-order valence-corrected chi connectivity index (χ0v) is 36.3. The molecule has 0 saturated heterocycles. The average Bonchev–Trinajstić information content (AvgIpc) is 3.68. The summed E-state index contributed by atoms with van der Waals surface area (Å²) in [5.74, 6) is 4.10. The Labute approximate surface area is 368 Å². The summed E-state index contributed by atoms with van der Waals surface area (Å²) in [6.07, 6.45) is 0. The Balaban J connectivity index is 1.24. The Bertz CT molecular complexity index is 3270. The van der Waals surface area contributed by atoms with Crippen LogP contribution in [0.1, 0.15) is 52.7 Å². The first kappa shape index (κ1) is 38.5. The van der Waals surface area contributed by atoms with E-state index < -0.39 is 0 Å². The number of phenols is 1. The van der Waals surface area contributed by atoms with E-state index in [0.29, 0.717) is 11.3 Å². The second-order valence-corrected chi connectivity index (χ2v) is 18.8. The van der Waals surface area contributed by atoms with Crippen molar-refractivity contribution in [2.75, 3.05) is 0 Å². The zero-order valence-electron chi connectivity index (χ0n) is 36.3. The fourth-order valence-electron chi connectivity index (χ4n) is 9.24. The van der Waals surface area contributed by atoms with E-state index in [-0.39, 0.29) is 23.3 Å². The first-order valence-corrected chi connectivity index (χ1v) is 21.7. The number of rotatable bonds is 5. The largest absolute Gasteiger partial charge is 0.507 e. The molecular formula is C56H46BN3O3. The van der Waals surface area contributed by atoms with Gasteiger partial charge in [0.1, 0.15) is 34.3 Å². The van der Waals surface area contributed by atoms with Crippen LogP contribution in [0.3, 0.4) is 0 Å². The van der Waals surface area contributed by atoms with Gasteiger partial charge in [0.25, 0.3) is 6.71 Å². The minimum atomic E-state index is -0.217. The van der Waals surface area contributed by atoms with Crippen LogP contribution in [0.25, 0.3) is 61.8 Å². The second-order valence-electron chi connectivity index (χ2n) is 18.8. The van der Waals surface area contributed by atoms with Crippen LogP contribution in [0, 0.1) is 0 Å². The minimum absolute atomic E-state index is 0.0915. The van der Waals surface area contributed by atoms with Gasteiger partial charge in [-0.05, 0) is 105 Å². The number of benzene rings is 7. The third-order valence-corrected chi connectivity index (χ3v) is 12.5. The van der Waals surface area contributed by atoms with Crippen LogP contribution in [0.5, 0.6) is 28.7 Å². The number of pyridine rings is 1. The van der Waals surface area contributed by atoms with Crippen LogP contribution >= 0.6 is 0 Å². The van der Waals surface area contributed by atoms with Gasteiger partial charge in [-0.2, -0.15) is 0 Å². The van der Waals surface area contributed by atoms with Gasteiger partial charge in [0.05, 0.1) is 22.6 Å². The number of para-hydroxylation sites is 3. The van der Waals surface area contributed by atoms with E-state index in [1.165, 1.54) is 5.56 Å². The van der Waals surface area contributed by atoms with Crippen LogP contribution < -0.4 is 25.9 Å². The summed E-state index contributed by atoms with van der Waals surface area (Å²) in [5, 5.41) is 10.8. The van der Waals surface area contributed by atoms with E-state index in [1.54, 1.807) is 6.07 Å². The Morgan fingerprint density at radius 2 is 1.16 bits per heavy atom. The molecule has 0 aliphatic carbocycles. The Hall–Kier alpha value is -7.38. The predicted octanol–water partition coefficient (Wildman–Crippen LogP) is 12.1. The van der Waals surface area contributed by atoms with E-state index in [2.05, 4.69) is 155 Å². The Kier molecular flexibility index (Phi) is 8.78. The number of fused-ring (bicyclic) bond motifs is 6. The summed E-state index contributed by atoms with van der Waals surface area (Å²) in [7, 11) is 0. The smallest absolute Gasteiger partial charge is 0.260 e. The highest BCUT2D eigenvalue weighted by Crippen LogP contribution is 2.45. The zero-order chi connectivity index (χ0) is 43.2. The lowest BCUT2D eigenvalue weighted by Crippen LogP contribution is -2.57. The number of imidazole rings is 1. The molecule has 11 rings (SSSR count). The maximum Gasteiger partial charge on any atom is 0.260 e. The second kappa shape index (κ2) is 14.4. The van der Waals surface area contributed by atoms with Crippen molar-refractivity contribution in [3.8, 4) is 79.5 Å². The molecular weight excluding hydrogens is 773 g/mol. The number of hydrogen-bond donors (Lipinski definition) is 1. The highest BCUT2D eigenvalue weighted by atomic mass is 16.5. The quantitative estimate of drug-likeness (QED) is 0.175. The molecule has 9 aromatic rings. The molecule has 0 saturated carbocycles. The summed E-state index contributed by atoms with van der Waals surface area (Å²) < 4.78 is 16.3. The molecule has 0 unspecified atom stereocenters. The number of aromatic hydroxyl groups is 1. The SMILES string of the molecule is CC(C)(C)c1cc(-c2cccc(-c3ccccc3O)n2)cc(-c2nc3cc4c5c(c3n2-c2ccc(C(C)(C)C)cc2-c2ccccc2)Oc2ccccc2B5c2ccccc2O4)c1. The summed E-state index contributed by atoms with van der Waals surface area (Å²) in [4.78, 5) is 10.8. The van der Waals surface area contributed by atoms with Crippen LogP contribution in [-0.4, -0.2) is 26.4 Å². The molecule has 2 aromatic heterocycles. The first-order valence-electron chi connectivity index (χ1n) is 21.7. The van der Waals surface area contributed by atoms with Crippen molar-refractivity contribution < 1.29 is 14.6 Å². The summed E-state index contributed by atoms with van der Waals surface area (Å²) in [5.41, 5.74) is 14.1. The van der Waals surface area contributed by atoms with Gasteiger partial charge in [-0.15, -0.1) is 0 Å². The number of hydrogen-bond acceptors (Lipinski definition) is 5. The van der Waals surface area contributed by atoms with E-state index in [1.807, 2.05) is 48.5 Å². The van der Waals surface area contributed by atoms with E-state index >= 15 is 0 Å². The van der Waals surface area contributed by atoms with Gasteiger partial charge in [0.15, 0.2) is 5.75 Å². The Morgan fingerprint density at radius 1 is 0.508 bits per heavy atom. The van der Waals surface area contributed by atoms with Crippen molar-refractivity contribution >= 4 is 34.1 Å². The predicted molar refractivity (Wildman–Crippen MR) is 257 cm³/mol. The van der Waals surface area contributed by atoms with Crippen molar-refractivity contribution in [3.63, 3.8) is 0 Å². The highest BCUT2D eigenvalue weighted by molar-refractivity contribution is 6.98. The van der Waals surface area contributed by atoms with Crippen molar-refractivity contribution in [3.05, 3.63) is 175 Å². The van der Waals surface area contributed by atoms with Gasteiger partial charge in [0.2, 0.25) is 0 Å². The molecule has 306 valence electrons. The maximum absolute atomic E-state index is 10.8. The molecule has 0 atom stereocenters. The van der Waals surface area contributed by atoms with Crippen molar-refractivity contribution in [2.24, 2.45) is 0 Å². The molecule has 0 radical (unpaired) electrons. The van der Waals surface area contributed by atoms with Gasteiger partial charge in [-0.1, -0.05) is 133 Å². The molecule has 6 nitrogen and oxygen atoms in total. The number of phenolic OH excluding ortho intramolecular Hbond substituents is 1. The number of nitrogens with zero attached hydrogens (tertiary/aromatic N) is 3. The van der Waals surface area contributed by atoms with E-state index in [9.17, 15) is 5.11 Å². The van der Waals surface area contributed by atoms with Crippen LogP contribution in [-0.2, 0) is 10.8 Å². The summed E-state index contributed by atoms with van der Waals surface area (Å²) in [6.45, 7) is 13.4. The molecule has 0 fully saturated rings. The molecule has 1 N–H and O–H groups in total. The van der Waals surface area contributed by atoms with Crippen LogP contribution in [0.2, 0.25) is 0 Å². The molecule has 0 spiro atoms. The third-order valence-electron chi connectivity index (χ3n) is 12.5. The van der Waals surface area contributed by atoms with Gasteiger partial charge < -0.3 is 14.6 Å². The van der Waals surface area contributed by atoms with Gasteiger partial charge in [0, 0.05) is 33.8 Å². The van der Waals surface area contributed by atoms with Crippen LogP contribution in [0.4, 0.5) is 0 Å². The molecule has 7 heteroatoms. The lowest BCUT2D eigenvalue weighted by molar-refractivity contribution is 0.467. The monoisotopic (exact) mass is 819 g/mol. The summed E-state index contributed by atoms with van der Waals surface area (Å²) in [6, 6.07) is 56.3. The van der Waals surface area contributed by atoms with Gasteiger partial charge in [-0.25, -0.2) is 9.97 Å². The molecule has 2 aliphatic rings. The lowest BCUT2D eigenvalue weighted by atomic mass is 9.35.